The lowest BCUT2D eigenvalue weighted by Gasteiger charge is -2.07. The van der Waals surface area contributed by atoms with Crippen molar-refractivity contribution >= 4 is 33.5 Å². The second-order valence-electron chi connectivity index (χ2n) is 4.29. The van der Waals surface area contributed by atoms with E-state index in [0.717, 1.165) is 10.0 Å². The van der Waals surface area contributed by atoms with Crippen molar-refractivity contribution < 1.29 is 14.6 Å². The summed E-state index contributed by atoms with van der Waals surface area (Å²) in [6, 6.07) is 5.53. The van der Waals surface area contributed by atoms with Gasteiger partial charge in [-0.1, -0.05) is 15.9 Å². The van der Waals surface area contributed by atoms with Crippen LogP contribution in [0.2, 0.25) is 0 Å². The molecule has 20 heavy (non-hydrogen) atoms. The summed E-state index contributed by atoms with van der Waals surface area (Å²) >= 11 is 9.26. The third-order valence-electron chi connectivity index (χ3n) is 3.15. The fourth-order valence-electron chi connectivity index (χ4n) is 2.28. The van der Waals surface area contributed by atoms with E-state index in [1.54, 1.807) is 4.57 Å². The highest BCUT2D eigenvalue weighted by atomic mass is 79.9. The minimum absolute atomic E-state index is 0.0552. The summed E-state index contributed by atoms with van der Waals surface area (Å²) in [7, 11) is 0. The molecule has 0 bridgehead atoms. The van der Waals surface area contributed by atoms with Crippen molar-refractivity contribution in [3.63, 3.8) is 0 Å². The third-order valence-corrected chi connectivity index (χ3v) is 3.89. The van der Waals surface area contributed by atoms with Crippen LogP contribution in [0.15, 0.2) is 22.7 Å². The standard InChI is InChI=1S/C13H10BrClN2O3/c14-7-1-2-10-8(5-7)12-16-11(13(18)19)9(6-15)17(12)3-4-20-10/h1-2,5H,3-4,6H2,(H,18,19)/p-1. The number of carboxylic acids is 1. The van der Waals surface area contributed by atoms with Gasteiger partial charge in [0.05, 0.1) is 29.7 Å². The number of nitrogens with zero attached hydrogens (tertiary/aromatic N) is 2. The molecule has 3 rings (SSSR count). The van der Waals surface area contributed by atoms with Gasteiger partial charge in [-0.05, 0) is 18.2 Å². The molecule has 0 saturated carbocycles. The molecule has 1 aromatic heterocycles. The van der Waals surface area contributed by atoms with Gasteiger partial charge in [0.25, 0.3) is 0 Å². The number of aromatic carboxylic acids is 1. The van der Waals surface area contributed by atoms with Crippen LogP contribution in [-0.2, 0) is 12.4 Å². The minimum atomic E-state index is -1.32. The van der Waals surface area contributed by atoms with Crippen LogP contribution in [-0.4, -0.2) is 22.1 Å². The molecule has 0 atom stereocenters. The Hall–Kier alpha value is -1.53. The number of fused-ring (bicyclic) bond motifs is 3. The molecular formula is C13H9BrClN2O3-. The number of hydrogen-bond acceptors (Lipinski definition) is 4. The number of benzene rings is 1. The summed E-state index contributed by atoms with van der Waals surface area (Å²) < 4.78 is 8.29. The topological polar surface area (TPSA) is 67.2 Å². The zero-order valence-corrected chi connectivity index (χ0v) is 12.6. The van der Waals surface area contributed by atoms with Crippen LogP contribution in [0.4, 0.5) is 0 Å². The average molecular weight is 357 g/mol. The van der Waals surface area contributed by atoms with E-state index in [2.05, 4.69) is 20.9 Å². The zero-order valence-electron chi connectivity index (χ0n) is 10.2. The van der Waals surface area contributed by atoms with E-state index in [1.165, 1.54) is 0 Å². The van der Waals surface area contributed by atoms with Crippen molar-refractivity contribution in [2.24, 2.45) is 0 Å². The maximum Gasteiger partial charge on any atom is 0.144 e. The Morgan fingerprint density at radius 1 is 1.55 bits per heavy atom. The lowest BCUT2D eigenvalue weighted by molar-refractivity contribution is -0.255. The van der Waals surface area contributed by atoms with E-state index in [0.29, 0.717) is 30.4 Å². The molecule has 0 fully saturated rings. The van der Waals surface area contributed by atoms with Gasteiger partial charge in [-0.15, -0.1) is 11.6 Å². The van der Waals surface area contributed by atoms with Crippen LogP contribution in [0.1, 0.15) is 16.2 Å². The van der Waals surface area contributed by atoms with Crippen molar-refractivity contribution in [1.29, 1.82) is 0 Å². The van der Waals surface area contributed by atoms with Gasteiger partial charge >= 0.3 is 0 Å². The number of ether oxygens (including phenoxy) is 1. The van der Waals surface area contributed by atoms with Crippen molar-refractivity contribution in [2.45, 2.75) is 12.4 Å². The van der Waals surface area contributed by atoms with Gasteiger partial charge < -0.3 is 19.2 Å². The summed E-state index contributed by atoms with van der Waals surface area (Å²) in [4.78, 5) is 15.4. The number of carbonyl (C=O) groups is 1. The van der Waals surface area contributed by atoms with Crippen molar-refractivity contribution in [1.82, 2.24) is 9.55 Å². The Morgan fingerprint density at radius 2 is 2.35 bits per heavy atom. The van der Waals surface area contributed by atoms with Gasteiger partial charge in [0.2, 0.25) is 0 Å². The summed E-state index contributed by atoms with van der Waals surface area (Å²) in [5.41, 5.74) is 1.07. The van der Waals surface area contributed by atoms with Gasteiger partial charge in [0.15, 0.2) is 0 Å². The Bertz CT molecular complexity index is 699. The van der Waals surface area contributed by atoms with Crippen molar-refractivity contribution in [2.75, 3.05) is 6.61 Å². The number of imidazole rings is 1. The van der Waals surface area contributed by atoms with Crippen LogP contribution < -0.4 is 9.84 Å². The molecular weight excluding hydrogens is 348 g/mol. The van der Waals surface area contributed by atoms with E-state index in [-0.39, 0.29) is 11.6 Å². The highest BCUT2D eigenvalue weighted by molar-refractivity contribution is 9.10. The number of aromatic nitrogens is 2. The van der Waals surface area contributed by atoms with Crippen LogP contribution in [0.25, 0.3) is 11.4 Å². The highest BCUT2D eigenvalue weighted by Gasteiger charge is 2.23. The van der Waals surface area contributed by atoms with E-state index in [9.17, 15) is 9.90 Å². The van der Waals surface area contributed by atoms with Crippen molar-refractivity contribution in [3.05, 3.63) is 34.1 Å². The van der Waals surface area contributed by atoms with E-state index < -0.39 is 5.97 Å². The molecule has 1 aliphatic rings. The lowest BCUT2D eigenvalue weighted by atomic mass is 10.2. The molecule has 1 aromatic carbocycles. The highest BCUT2D eigenvalue weighted by Crippen LogP contribution is 2.35. The number of hydrogen-bond donors (Lipinski definition) is 0. The first-order chi connectivity index (χ1) is 9.61. The predicted molar refractivity (Wildman–Crippen MR) is 74.7 cm³/mol. The molecule has 1 aliphatic heterocycles. The van der Waals surface area contributed by atoms with E-state index >= 15 is 0 Å². The Morgan fingerprint density at radius 3 is 3.05 bits per heavy atom. The second kappa shape index (κ2) is 5.10. The third kappa shape index (κ3) is 2.09. The number of halogens is 2. The maximum atomic E-state index is 11.2. The summed E-state index contributed by atoms with van der Waals surface area (Å²) in [6.45, 7) is 0.915. The van der Waals surface area contributed by atoms with E-state index in [1.807, 2.05) is 18.2 Å². The fourth-order valence-corrected chi connectivity index (χ4v) is 2.91. The molecule has 0 saturated heterocycles. The van der Waals surface area contributed by atoms with Gasteiger partial charge in [-0.2, -0.15) is 0 Å². The second-order valence-corrected chi connectivity index (χ2v) is 5.48. The van der Waals surface area contributed by atoms with Crippen LogP contribution in [0.5, 0.6) is 5.75 Å². The molecule has 0 amide bonds. The van der Waals surface area contributed by atoms with Crippen LogP contribution in [0, 0.1) is 0 Å². The molecule has 7 heteroatoms. The largest absolute Gasteiger partial charge is 0.543 e. The van der Waals surface area contributed by atoms with E-state index in [4.69, 9.17) is 16.3 Å². The molecule has 2 aromatic rings. The Kier molecular flexibility index (Phi) is 3.43. The molecule has 104 valence electrons. The number of carbonyl (C=O) groups excluding carboxylic acids is 1. The first-order valence-corrected chi connectivity index (χ1v) is 7.24. The molecule has 5 nitrogen and oxygen atoms in total. The SMILES string of the molecule is O=C([O-])c1nc2n(c1CCl)CCOc1ccc(Br)cc1-2. The summed E-state index contributed by atoms with van der Waals surface area (Å²) in [6.07, 6.45) is 0. The van der Waals surface area contributed by atoms with Crippen LogP contribution in [0.3, 0.4) is 0 Å². The lowest BCUT2D eigenvalue weighted by Crippen LogP contribution is -2.24. The van der Waals surface area contributed by atoms with Gasteiger partial charge in [0.1, 0.15) is 23.9 Å². The Balaban J connectivity index is 2.29. The first kappa shape index (κ1) is 13.5. The molecule has 0 aliphatic carbocycles. The quantitative estimate of drug-likeness (QED) is 0.770. The molecule has 0 unspecified atom stereocenters. The predicted octanol–water partition coefficient (Wildman–Crippen LogP) is 1.81. The maximum absolute atomic E-state index is 11.2. The smallest absolute Gasteiger partial charge is 0.144 e. The summed E-state index contributed by atoms with van der Waals surface area (Å²) in [5, 5.41) is 11.2. The number of rotatable bonds is 2. The van der Waals surface area contributed by atoms with Crippen LogP contribution >= 0.6 is 27.5 Å². The van der Waals surface area contributed by atoms with Gasteiger partial charge in [-0.3, -0.25) is 0 Å². The van der Waals surface area contributed by atoms with Gasteiger partial charge in [-0.25, -0.2) is 4.98 Å². The van der Waals surface area contributed by atoms with Gasteiger partial charge in [0, 0.05) is 4.47 Å². The Labute approximate surface area is 128 Å². The molecule has 2 heterocycles. The zero-order chi connectivity index (χ0) is 14.3. The normalized spacial score (nSPS) is 13.1. The molecule has 0 radical (unpaired) electrons. The molecule has 0 N–H and O–H groups in total. The average Bonchev–Trinajstić information content (AvgIpc) is 2.70. The number of carboxylic acid groups (broad SMARTS) is 1. The fraction of sp³-hybridized carbons (Fsp3) is 0.231. The first-order valence-electron chi connectivity index (χ1n) is 5.91. The molecule has 0 spiro atoms. The number of alkyl halides is 1. The minimum Gasteiger partial charge on any atom is -0.543 e. The van der Waals surface area contributed by atoms with Crippen molar-refractivity contribution in [3.8, 4) is 17.1 Å². The summed E-state index contributed by atoms with van der Waals surface area (Å²) in [5.74, 6) is -0.0602. The monoisotopic (exact) mass is 355 g/mol.